The lowest BCUT2D eigenvalue weighted by atomic mass is 10.00. The van der Waals surface area contributed by atoms with E-state index in [-0.39, 0.29) is 0 Å². The first-order chi connectivity index (χ1) is 15.4. The number of benzene rings is 3. The molecule has 0 atom stereocenters. The molecule has 0 aliphatic heterocycles. The second kappa shape index (κ2) is 10.5. The van der Waals surface area contributed by atoms with Crippen LogP contribution in [0, 0.1) is 0 Å². The Morgan fingerprint density at radius 2 is 0.938 bits per heavy atom. The van der Waals surface area contributed by atoms with Crippen molar-refractivity contribution in [2.45, 2.75) is 6.92 Å². The molecule has 0 aliphatic rings. The molecule has 0 saturated heterocycles. The predicted molar refractivity (Wildman–Crippen MR) is 123 cm³/mol. The highest BCUT2D eigenvalue weighted by Gasteiger charge is 2.23. The van der Waals surface area contributed by atoms with Crippen LogP contribution in [0.1, 0.15) is 6.92 Å². The average Bonchev–Trinajstić information content (AvgIpc) is 2.80. The summed E-state index contributed by atoms with van der Waals surface area (Å²) < 4.78 is 41.0. The van der Waals surface area contributed by atoms with Crippen molar-refractivity contribution in [3.05, 3.63) is 103 Å². The molecular weight excluding hydrogens is 415 g/mol. The van der Waals surface area contributed by atoms with Crippen LogP contribution in [0.4, 0.5) is 17.3 Å². The van der Waals surface area contributed by atoms with Crippen molar-refractivity contribution in [2.75, 3.05) is 0 Å². The molecule has 1 heterocycles. The second-order valence-electron chi connectivity index (χ2n) is 6.79. The molecule has 0 saturated carbocycles. The summed E-state index contributed by atoms with van der Waals surface area (Å²) in [6.45, 7) is 1.95. The van der Waals surface area contributed by atoms with Crippen molar-refractivity contribution in [1.29, 1.82) is 0 Å². The second-order valence-corrected chi connectivity index (χ2v) is 6.79. The topological polar surface area (TPSA) is 16.2 Å². The van der Waals surface area contributed by atoms with Crippen molar-refractivity contribution in [3.8, 4) is 33.6 Å². The molecule has 0 fully saturated rings. The molecule has 7 heteroatoms. The molecule has 3 aromatic carbocycles. The summed E-state index contributed by atoms with van der Waals surface area (Å²) in [5.74, 6) is 0. The van der Waals surface area contributed by atoms with Gasteiger partial charge in [0.15, 0.2) is 0 Å². The number of aromatic nitrogens is 1. The third-order valence-electron chi connectivity index (χ3n) is 4.52. The van der Waals surface area contributed by atoms with Crippen molar-refractivity contribution in [3.63, 3.8) is 0 Å². The summed E-state index contributed by atoms with van der Waals surface area (Å²) in [4.78, 5) is 0. The van der Waals surface area contributed by atoms with Crippen LogP contribution < -0.4 is 4.68 Å². The van der Waals surface area contributed by atoms with Gasteiger partial charge >= 0.3 is 7.25 Å². The summed E-state index contributed by atoms with van der Waals surface area (Å²) in [5.41, 5.74) is 6.77. The van der Waals surface area contributed by atoms with Crippen LogP contribution in [0.5, 0.6) is 0 Å². The van der Waals surface area contributed by atoms with E-state index in [1.54, 1.807) is 0 Å². The van der Waals surface area contributed by atoms with Gasteiger partial charge in [0.25, 0.3) is 0 Å². The van der Waals surface area contributed by atoms with Crippen molar-refractivity contribution >= 4 is 13.5 Å². The Morgan fingerprint density at radius 3 is 1.28 bits per heavy atom. The lowest BCUT2D eigenvalue weighted by Crippen LogP contribution is -2.33. The maximum atomic E-state index is 9.75. The van der Waals surface area contributed by atoms with Gasteiger partial charge in [-0.1, -0.05) is 66.7 Å². The molecule has 0 radical (unpaired) electrons. The van der Waals surface area contributed by atoms with Crippen LogP contribution in [-0.4, -0.2) is 13.5 Å². The number of rotatable bonds is 4. The maximum Gasteiger partial charge on any atom is 0.673 e. The van der Waals surface area contributed by atoms with E-state index in [0.29, 0.717) is 0 Å². The molecule has 0 spiro atoms. The van der Waals surface area contributed by atoms with Crippen LogP contribution in [0.3, 0.4) is 0 Å². The molecule has 0 amide bonds. The number of halogens is 4. The van der Waals surface area contributed by atoms with Gasteiger partial charge in [0.1, 0.15) is 0 Å². The number of pyridine rings is 1. The van der Waals surface area contributed by atoms with Crippen LogP contribution in [-0.2, 0) is 0 Å². The van der Waals surface area contributed by atoms with E-state index in [9.17, 15) is 17.3 Å². The van der Waals surface area contributed by atoms with E-state index in [0.717, 1.165) is 22.5 Å². The number of hydrogen-bond donors (Lipinski definition) is 0. The summed E-state index contributed by atoms with van der Waals surface area (Å²) in [6.07, 6.45) is 1.83. The van der Waals surface area contributed by atoms with E-state index in [4.69, 9.17) is 0 Å². The van der Waals surface area contributed by atoms with Crippen molar-refractivity contribution < 1.29 is 21.9 Å². The number of hydrogen-bond acceptors (Lipinski definition) is 1. The molecule has 2 nitrogen and oxygen atoms in total. The fraction of sp³-hybridized carbons (Fsp3) is 0.0400. The molecule has 1 aromatic heterocycles. The number of nitrogens with zero attached hydrogens (tertiary/aromatic N) is 2. The molecule has 4 rings (SSSR count). The summed E-state index contributed by atoms with van der Waals surface area (Å²) in [7, 11) is -6.00. The largest absolute Gasteiger partial charge is 0.673 e. The fourth-order valence-electron chi connectivity index (χ4n) is 3.25. The first-order valence-electron chi connectivity index (χ1n) is 9.99. The minimum absolute atomic E-state index is 1.06. The minimum atomic E-state index is -6.00. The first kappa shape index (κ1) is 22.9. The Morgan fingerprint density at radius 1 is 0.594 bits per heavy atom. The Kier molecular flexibility index (Phi) is 7.55. The van der Waals surface area contributed by atoms with Crippen LogP contribution >= 0.6 is 0 Å². The lowest BCUT2D eigenvalue weighted by molar-refractivity contribution is -0.656. The first-order valence-corrected chi connectivity index (χ1v) is 9.99. The van der Waals surface area contributed by atoms with E-state index in [1.807, 2.05) is 36.0 Å². The zero-order valence-corrected chi connectivity index (χ0v) is 17.4. The molecule has 162 valence electrons. The molecule has 0 N–H and O–H groups in total. The quantitative estimate of drug-likeness (QED) is 0.140. The predicted octanol–water partition coefficient (Wildman–Crippen LogP) is 7.13. The molecule has 32 heavy (non-hydrogen) atoms. The third kappa shape index (κ3) is 6.38. The normalized spacial score (nSPS) is 11.2. The highest BCUT2D eigenvalue weighted by molar-refractivity contribution is 6.50. The standard InChI is InChI=1S/C25H21N2.BF4/c1-2-26-27-24(21-14-8-4-9-15-21)18-23(20-12-6-3-7-13-20)19-25(27)22-16-10-5-11-17-22;2-1(3,4)5/h2-19H,1H3;/q+1;-1. The molecule has 0 aliphatic carbocycles. The Labute approximate surface area is 184 Å². The van der Waals surface area contributed by atoms with E-state index < -0.39 is 7.25 Å². The lowest BCUT2D eigenvalue weighted by Gasteiger charge is -2.08. The van der Waals surface area contributed by atoms with Gasteiger partial charge in [-0.3, -0.25) is 0 Å². The van der Waals surface area contributed by atoms with Crippen LogP contribution in [0.15, 0.2) is 108 Å². The molecule has 4 aromatic rings. The Balaban J connectivity index is 0.000000523. The smallest absolute Gasteiger partial charge is 0.418 e. The molecule has 0 bridgehead atoms. The van der Waals surface area contributed by atoms with E-state index >= 15 is 0 Å². The summed E-state index contributed by atoms with van der Waals surface area (Å²) in [5, 5.41) is 4.69. The Bertz CT molecular complexity index is 1100. The van der Waals surface area contributed by atoms with Gasteiger partial charge in [0.2, 0.25) is 11.4 Å². The zero-order chi connectivity index (χ0) is 23.0. The third-order valence-corrected chi connectivity index (χ3v) is 4.52. The van der Waals surface area contributed by atoms with Gasteiger partial charge in [-0.05, 0) is 52.1 Å². The van der Waals surface area contributed by atoms with E-state index in [1.165, 1.54) is 11.1 Å². The van der Waals surface area contributed by atoms with Crippen molar-refractivity contribution in [1.82, 2.24) is 0 Å². The van der Waals surface area contributed by atoms with Crippen LogP contribution in [0.25, 0.3) is 33.6 Å². The SMILES string of the molecule is CC=N[n+]1c(-c2ccccc2)cc(-c2ccccc2)cc1-c1ccccc1.F[B-](F)(F)F. The minimum Gasteiger partial charge on any atom is -0.418 e. The highest BCUT2D eigenvalue weighted by Crippen LogP contribution is 2.29. The van der Waals surface area contributed by atoms with Gasteiger partial charge in [-0.25, -0.2) is 0 Å². The van der Waals surface area contributed by atoms with Gasteiger partial charge < -0.3 is 17.3 Å². The highest BCUT2D eigenvalue weighted by atomic mass is 19.5. The Hall–Kier alpha value is -3.74. The fourth-order valence-corrected chi connectivity index (χ4v) is 3.25. The van der Waals surface area contributed by atoms with Gasteiger partial charge in [0, 0.05) is 23.3 Å². The monoisotopic (exact) mass is 436 g/mol. The molecule has 0 unspecified atom stereocenters. The van der Waals surface area contributed by atoms with Gasteiger partial charge in [0.05, 0.1) is 6.21 Å². The van der Waals surface area contributed by atoms with Crippen LogP contribution in [0.2, 0.25) is 0 Å². The maximum absolute atomic E-state index is 9.75. The van der Waals surface area contributed by atoms with E-state index in [2.05, 4.69) is 90.0 Å². The van der Waals surface area contributed by atoms with Gasteiger partial charge in [-0.15, -0.1) is 0 Å². The summed E-state index contributed by atoms with van der Waals surface area (Å²) >= 11 is 0. The molecular formula is C25H21BF4N2. The zero-order valence-electron chi connectivity index (χ0n) is 17.4. The average molecular weight is 436 g/mol. The van der Waals surface area contributed by atoms with Crippen molar-refractivity contribution in [2.24, 2.45) is 5.10 Å². The van der Waals surface area contributed by atoms with Gasteiger partial charge in [-0.2, -0.15) is 0 Å². The summed E-state index contributed by atoms with van der Waals surface area (Å²) in [6, 6.07) is 35.7.